The third-order valence-corrected chi connectivity index (χ3v) is 3.20. The zero-order valence-electron chi connectivity index (χ0n) is 14.1. The van der Waals surface area contributed by atoms with Crippen molar-refractivity contribution in [2.24, 2.45) is 11.3 Å². The van der Waals surface area contributed by atoms with Gasteiger partial charge in [-0.2, -0.15) is 5.10 Å². The molecule has 4 nitrogen and oxygen atoms in total. The summed E-state index contributed by atoms with van der Waals surface area (Å²) in [6.07, 6.45) is 4.97. The molecule has 0 saturated carbocycles. The smallest absolute Gasteiger partial charge is 0.138 e. The fourth-order valence-corrected chi connectivity index (χ4v) is 2.47. The Morgan fingerprint density at radius 1 is 1.30 bits per heavy atom. The van der Waals surface area contributed by atoms with Gasteiger partial charge in [-0.15, -0.1) is 0 Å². The summed E-state index contributed by atoms with van der Waals surface area (Å²) in [5.74, 6) is 1.71. The van der Waals surface area contributed by atoms with E-state index in [1.165, 1.54) is 6.42 Å². The normalized spacial score (nSPS) is 13.9. The highest BCUT2D eigenvalue weighted by Gasteiger charge is 2.20. The molecule has 1 atom stereocenters. The lowest BCUT2D eigenvalue weighted by molar-refractivity contribution is 0.301. The van der Waals surface area contributed by atoms with E-state index in [9.17, 15) is 0 Å². The maximum Gasteiger partial charge on any atom is 0.138 e. The molecule has 0 aliphatic rings. The van der Waals surface area contributed by atoms with Gasteiger partial charge < -0.3 is 5.32 Å². The first-order valence-corrected chi connectivity index (χ1v) is 7.92. The van der Waals surface area contributed by atoms with Crippen LogP contribution < -0.4 is 5.32 Å². The van der Waals surface area contributed by atoms with E-state index in [1.807, 2.05) is 0 Å². The molecule has 116 valence electrons. The predicted octanol–water partition coefficient (Wildman–Crippen LogP) is 3.28. The molecule has 1 aromatic rings. The van der Waals surface area contributed by atoms with Gasteiger partial charge in [-0.3, -0.25) is 0 Å². The number of nitrogens with one attached hydrogen (secondary N) is 1. The maximum atomic E-state index is 4.46. The Morgan fingerprint density at radius 2 is 2.00 bits per heavy atom. The summed E-state index contributed by atoms with van der Waals surface area (Å²) in [4.78, 5) is 4.46. The van der Waals surface area contributed by atoms with Crippen molar-refractivity contribution in [3.8, 4) is 0 Å². The van der Waals surface area contributed by atoms with Crippen LogP contribution in [0.1, 0.15) is 60.2 Å². The number of aromatic nitrogens is 3. The van der Waals surface area contributed by atoms with Gasteiger partial charge in [-0.1, -0.05) is 41.5 Å². The van der Waals surface area contributed by atoms with Gasteiger partial charge in [0.1, 0.15) is 12.2 Å². The average Bonchev–Trinajstić information content (AvgIpc) is 2.70. The molecule has 0 saturated heterocycles. The van der Waals surface area contributed by atoms with Gasteiger partial charge in [-0.05, 0) is 30.7 Å². The molecule has 1 N–H and O–H groups in total. The van der Waals surface area contributed by atoms with Crippen LogP contribution in [0.15, 0.2) is 6.33 Å². The highest BCUT2D eigenvalue weighted by molar-refractivity contribution is 4.91. The lowest BCUT2D eigenvalue weighted by Crippen LogP contribution is -2.36. The lowest BCUT2D eigenvalue weighted by Gasteiger charge is -2.27. The first kappa shape index (κ1) is 17.2. The number of rotatable bonds is 8. The summed E-state index contributed by atoms with van der Waals surface area (Å²) in [5, 5.41) is 8.03. The van der Waals surface area contributed by atoms with E-state index in [0.717, 1.165) is 31.8 Å². The van der Waals surface area contributed by atoms with Crippen LogP contribution in [0.2, 0.25) is 0 Å². The van der Waals surface area contributed by atoms with Crippen molar-refractivity contribution in [1.82, 2.24) is 20.1 Å². The fraction of sp³-hybridized carbons (Fsp3) is 0.875. The summed E-state index contributed by atoms with van der Waals surface area (Å²) >= 11 is 0. The molecule has 1 aromatic heterocycles. The van der Waals surface area contributed by atoms with Crippen molar-refractivity contribution in [3.63, 3.8) is 0 Å². The summed E-state index contributed by atoms with van der Waals surface area (Å²) in [6, 6.07) is 0.477. The van der Waals surface area contributed by atoms with Gasteiger partial charge in [-0.25, -0.2) is 9.67 Å². The summed E-state index contributed by atoms with van der Waals surface area (Å²) < 4.78 is 2.06. The number of nitrogens with zero attached hydrogens (tertiary/aromatic N) is 3. The number of hydrogen-bond donors (Lipinski definition) is 1. The van der Waals surface area contributed by atoms with Gasteiger partial charge in [0.25, 0.3) is 0 Å². The standard InChI is InChI=1S/C16H32N4/c1-7-8-17-14(10-16(4,5)6)9-15-18-12-19-20(15)11-13(2)3/h12-14,17H,7-11H2,1-6H3. The van der Waals surface area contributed by atoms with Crippen LogP contribution in [-0.4, -0.2) is 27.4 Å². The van der Waals surface area contributed by atoms with Gasteiger partial charge in [0, 0.05) is 19.0 Å². The maximum absolute atomic E-state index is 4.46. The van der Waals surface area contributed by atoms with Crippen molar-refractivity contribution in [3.05, 3.63) is 12.2 Å². The molecule has 20 heavy (non-hydrogen) atoms. The first-order valence-electron chi connectivity index (χ1n) is 7.92. The van der Waals surface area contributed by atoms with Crippen LogP contribution in [0.4, 0.5) is 0 Å². The van der Waals surface area contributed by atoms with E-state index in [4.69, 9.17) is 0 Å². The molecule has 0 aliphatic heterocycles. The second kappa shape index (κ2) is 7.77. The SMILES string of the molecule is CCCNC(Cc1ncnn1CC(C)C)CC(C)(C)C. The molecular formula is C16H32N4. The van der Waals surface area contributed by atoms with Crippen LogP contribution in [0, 0.1) is 11.3 Å². The molecule has 0 aliphatic carbocycles. The molecule has 1 heterocycles. The van der Waals surface area contributed by atoms with E-state index in [2.05, 4.69) is 61.6 Å². The number of hydrogen-bond acceptors (Lipinski definition) is 3. The highest BCUT2D eigenvalue weighted by atomic mass is 15.3. The molecule has 4 heteroatoms. The van der Waals surface area contributed by atoms with Crippen LogP contribution in [0.25, 0.3) is 0 Å². The monoisotopic (exact) mass is 280 g/mol. The Balaban J connectivity index is 2.70. The molecule has 0 spiro atoms. The Morgan fingerprint density at radius 3 is 2.55 bits per heavy atom. The van der Waals surface area contributed by atoms with Crippen molar-refractivity contribution in [2.45, 2.75) is 73.4 Å². The van der Waals surface area contributed by atoms with Crippen LogP contribution in [0.5, 0.6) is 0 Å². The van der Waals surface area contributed by atoms with E-state index in [-0.39, 0.29) is 0 Å². The van der Waals surface area contributed by atoms with E-state index in [1.54, 1.807) is 6.33 Å². The van der Waals surface area contributed by atoms with Gasteiger partial charge in [0.2, 0.25) is 0 Å². The van der Waals surface area contributed by atoms with Crippen LogP contribution >= 0.6 is 0 Å². The predicted molar refractivity (Wildman–Crippen MR) is 84.7 cm³/mol. The Labute approximate surface area is 124 Å². The van der Waals surface area contributed by atoms with E-state index in [0.29, 0.717) is 17.4 Å². The second-order valence-corrected chi connectivity index (χ2v) is 7.37. The highest BCUT2D eigenvalue weighted by Crippen LogP contribution is 2.22. The lowest BCUT2D eigenvalue weighted by atomic mass is 9.87. The molecule has 1 rings (SSSR count). The van der Waals surface area contributed by atoms with Gasteiger partial charge in [0.15, 0.2) is 0 Å². The molecule has 0 bridgehead atoms. The minimum Gasteiger partial charge on any atom is -0.314 e. The van der Waals surface area contributed by atoms with Gasteiger partial charge in [0.05, 0.1) is 0 Å². The molecular weight excluding hydrogens is 248 g/mol. The molecule has 0 radical (unpaired) electrons. The molecule has 1 unspecified atom stereocenters. The third kappa shape index (κ3) is 6.51. The van der Waals surface area contributed by atoms with E-state index >= 15 is 0 Å². The summed E-state index contributed by atoms with van der Waals surface area (Å²) in [7, 11) is 0. The molecule has 0 aromatic carbocycles. The van der Waals surface area contributed by atoms with Crippen molar-refractivity contribution in [1.29, 1.82) is 0 Å². The fourth-order valence-electron chi connectivity index (χ4n) is 2.47. The van der Waals surface area contributed by atoms with Crippen molar-refractivity contribution < 1.29 is 0 Å². The summed E-state index contributed by atoms with van der Waals surface area (Å²) in [5.41, 5.74) is 0.328. The average molecular weight is 280 g/mol. The van der Waals surface area contributed by atoms with Gasteiger partial charge >= 0.3 is 0 Å². The second-order valence-electron chi connectivity index (χ2n) is 7.37. The largest absolute Gasteiger partial charge is 0.314 e. The van der Waals surface area contributed by atoms with E-state index < -0.39 is 0 Å². The molecule has 0 fully saturated rings. The Hall–Kier alpha value is -0.900. The quantitative estimate of drug-likeness (QED) is 0.794. The minimum absolute atomic E-state index is 0.328. The Kier molecular flexibility index (Phi) is 6.66. The minimum atomic E-state index is 0.328. The molecule has 0 amide bonds. The Bertz CT molecular complexity index is 376. The zero-order valence-corrected chi connectivity index (χ0v) is 14.1. The van der Waals surface area contributed by atoms with Crippen LogP contribution in [0.3, 0.4) is 0 Å². The zero-order chi connectivity index (χ0) is 15.2. The van der Waals surface area contributed by atoms with Crippen LogP contribution in [-0.2, 0) is 13.0 Å². The first-order chi connectivity index (χ1) is 9.31. The topological polar surface area (TPSA) is 42.7 Å². The third-order valence-electron chi connectivity index (χ3n) is 3.20. The van der Waals surface area contributed by atoms with Crippen molar-refractivity contribution >= 4 is 0 Å². The summed E-state index contributed by atoms with van der Waals surface area (Å²) in [6.45, 7) is 15.6. The van der Waals surface area contributed by atoms with Crippen molar-refractivity contribution in [2.75, 3.05) is 6.54 Å².